The molecule has 5 heteroatoms. The molecule has 0 bridgehead atoms. The first-order chi connectivity index (χ1) is 9.13. The molecule has 106 valence electrons. The smallest absolute Gasteiger partial charge is 0.309 e. The van der Waals surface area contributed by atoms with Gasteiger partial charge in [-0.15, -0.1) is 0 Å². The zero-order valence-electron chi connectivity index (χ0n) is 11.9. The van der Waals surface area contributed by atoms with Crippen molar-refractivity contribution >= 4 is 5.97 Å². The van der Waals surface area contributed by atoms with Crippen LogP contribution in [0.5, 0.6) is 0 Å². The summed E-state index contributed by atoms with van der Waals surface area (Å²) in [5, 5.41) is 4.06. The highest BCUT2D eigenvalue weighted by molar-refractivity contribution is 5.73. The second-order valence-corrected chi connectivity index (χ2v) is 5.40. The summed E-state index contributed by atoms with van der Waals surface area (Å²) in [6, 6.07) is 0. The van der Waals surface area contributed by atoms with Crippen molar-refractivity contribution in [2.45, 2.75) is 58.3 Å². The number of nitrogens with zero attached hydrogens (tertiary/aromatic N) is 2. The number of aromatic nitrogens is 2. The third kappa shape index (κ3) is 3.14. The summed E-state index contributed by atoms with van der Waals surface area (Å²) in [4.78, 5) is 16.5. The van der Waals surface area contributed by atoms with Gasteiger partial charge < -0.3 is 9.26 Å². The molecule has 1 saturated carbocycles. The van der Waals surface area contributed by atoms with Crippen LogP contribution < -0.4 is 0 Å². The molecule has 2 rings (SSSR count). The SMILES string of the molecule is CCOC(=O)C1CCCCC1c1noc(C(C)C)n1. The van der Waals surface area contributed by atoms with Crippen LogP contribution >= 0.6 is 0 Å². The van der Waals surface area contributed by atoms with Gasteiger partial charge in [0.15, 0.2) is 5.82 Å². The molecule has 2 atom stereocenters. The van der Waals surface area contributed by atoms with Crippen LogP contribution in [0, 0.1) is 5.92 Å². The van der Waals surface area contributed by atoms with Crippen LogP contribution in [0.3, 0.4) is 0 Å². The van der Waals surface area contributed by atoms with Crippen LogP contribution in [0.4, 0.5) is 0 Å². The Kier molecular flexibility index (Phi) is 4.56. The van der Waals surface area contributed by atoms with Crippen molar-refractivity contribution in [3.05, 3.63) is 11.7 Å². The molecule has 0 spiro atoms. The van der Waals surface area contributed by atoms with E-state index in [-0.39, 0.29) is 23.7 Å². The van der Waals surface area contributed by atoms with E-state index in [1.165, 1.54) is 0 Å². The average molecular weight is 266 g/mol. The molecule has 2 unspecified atom stereocenters. The fourth-order valence-electron chi connectivity index (χ4n) is 2.60. The van der Waals surface area contributed by atoms with Gasteiger partial charge >= 0.3 is 5.97 Å². The molecule has 1 fully saturated rings. The summed E-state index contributed by atoms with van der Waals surface area (Å²) in [6.45, 7) is 6.29. The zero-order chi connectivity index (χ0) is 13.8. The molecule has 1 aliphatic rings. The van der Waals surface area contributed by atoms with Gasteiger partial charge in [0, 0.05) is 11.8 Å². The lowest BCUT2D eigenvalue weighted by Crippen LogP contribution is -2.28. The van der Waals surface area contributed by atoms with Gasteiger partial charge in [-0.05, 0) is 19.8 Å². The number of carbonyl (C=O) groups is 1. The molecule has 1 aromatic rings. The molecule has 0 radical (unpaired) electrons. The van der Waals surface area contributed by atoms with Crippen LogP contribution in [-0.2, 0) is 9.53 Å². The van der Waals surface area contributed by atoms with E-state index in [2.05, 4.69) is 10.1 Å². The highest BCUT2D eigenvalue weighted by Gasteiger charge is 2.36. The highest BCUT2D eigenvalue weighted by atomic mass is 16.5. The molecule has 1 aromatic heterocycles. The molecular formula is C14H22N2O3. The Bertz CT molecular complexity index is 428. The lowest BCUT2D eigenvalue weighted by Gasteiger charge is -2.27. The van der Waals surface area contributed by atoms with Crippen molar-refractivity contribution in [1.82, 2.24) is 10.1 Å². The first-order valence-corrected chi connectivity index (χ1v) is 7.13. The van der Waals surface area contributed by atoms with Crippen LogP contribution in [-0.4, -0.2) is 22.7 Å². The van der Waals surface area contributed by atoms with Gasteiger partial charge in [-0.3, -0.25) is 4.79 Å². The fourth-order valence-corrected chi connectivity index (χ4v) is 2.60. The first-order valence-electron chi connectivity index (χ1n) is 7.13. The van der Waals surface area contributed by atoms with E-state index >= 15 is 0 Å². The third-order valence-electron chi connectivity index (χ3n) is 3.64. The highest BCUT2D eigenvalue weighted by Crippen LogP contribution is 2.37. The molecule has 19 heavy (non-hydrogen) atoms. The number of hydrogen-bond acceptors (Lipinski definition) is 5. The second-order valence-electron chi connectivity index (χ2n) is 5.40. The fraction of sp³-hybridized carbons (Fsp3) is 0.786. The molecule has 0 N–H and O–H groups in total. The molecule has 5 nitrogen and oxygen atoms in total. The van der Waals surface area contributed by atoms with Crippen LogP contribution in [0.25, 0.3) is 0 Å². The third-order valence-corrected chi connectivity index (χ3v) is 3.64. The predicted octanol–water partition coefficient (Wildman–Crippen LogP) is 3.03. The van der Waals surface area contributed by atoms with Gasteiger partial charge in [0.25, 0.3) is 0 Å². The summed E-state index contributed by atoms with van der Waals surface area (Å²) in [6.07, 6.45) is 3.95. The van der Waals surface area contributed by atoms with E-state index in [1.54, 1.807) is 0 Å². The van der Waals surface area contributed by atoms with Crippen LogP contribution in [0.2, 0.25) is 0 Å². The Balaban J connectivity index is 2.16. The monoisotopic (exact) mass is 266 g/mol. The number of ether oxygens (including phenoxy) is 1. The largest absolute Gasteiger partial charge is 0.466 e. The quantitative estimate of drug-likeness (QED) is 0.784. The topological polar surface area (TPSA) is 65.2 Å². The van der Waals surface area contributed by atoms with E-state index in [1.807, 2.05) is 20.8 Å². The Morgan fingerprint density at radius 1 is 1.42 bits per heavy atom. The van der Waals surface area contributed by atoms with Gasteiger partial charge in [-0.2, -0.15) is 4.98 Å². The lowest BCUT2D eigenvalue weighted by atomic mass is 9.79. The Hall–Kier alpha value is -1.39. The molecule has 1 heterocycles. The maximum Gasteiger partial charge on any atom is 0.309 e. The average Bonchev–Trinajstić information content (AvgIpc) is 2.88. The van der Waals surface area contributed by atoms with Crippen molar-refractivity contribution in [3.63, 3.8) is 0 Å². The van der Waals surface area contributed by atoms with E-state index in [9.17, 15) is 4.79 Å². The summed E-state index contributed by atoms with van der Waals surface area (Å²) < 4.78 is 10.4. The van der Waals surface area contributed by atoms with E-state index in [0.717, 1.165) is 25.7 Å². The minimum Gasteiger partial charge on any atom is -0.466 e. The Morgan fingerprint density at radius 2 is 2.16 bits per heavy atom. The number of carbonyl (C=O) groups excluding carboxylic acids is 1. The summed E-state index contributed by atoms with van der Waals surface area (Å²) >= 11 is 0. The normalized spacial score (nSPS) is 23.6. The van der Waals surface area contributed by atoms with Gasteiger partial charge in [0.2, 0.25) is 5.89 Å². The molecule has 0 aliphatic heterocycles. The van der Waals surface area contributed by atoms with Crippen molar-refractivity contribution in [3.8, 4) is 0 Å². The first kappa shape index (κ1) is 14.0. The number of hydrogen-bond donors (Lipinski definition) is 0. The van der Waals surface area contributed by atoms with E-state index in [4.69, 9.17) is 9.26 Å². The van der Waals surface area contributed by atoms with Gasteiger partial charge in [0.1, 0.15) is 0 Å². The lowest BCUT2D eigenvalue weighted by molar-refractivity contribution is -0.150. The molecule has 0 saturated heterocycles. The van der Waals surface area contributed by atoms with Crippen molar-refractivity contribution in [1.29, 1.82) is 0 Å². The minimum atomic E-state index is -0.122. The second kappa shape index (κ2) is 6.17. The van der Waals surface area contributed by atoms with E-state index < -0.39 is 0 Å². The number of rotatable bonds is 4. The summed E-state index contributed by atoms with van der Waals surface area (Å²) in [7, 11) is 0. The minimum absolute atomic E-state index is 0.0454. The Labute approximate surface area is 113 Å². The van der Waals surface area contributed by atoms with Crippen molar-refractivity contribution in [2.24, 2.45) is 5.92 Å². The Morgan fingerprint density at radius 3 is 2.79 bits per heavy atom. The predicted molar refractivity (Wildman–Crippen MR) is 69.7 cm³/mol. The molecule has 0 amide bonds. The van der Waals surface area contributed by atoms with Crippen LogP contribution in [0.1, 0.15) is 70.0 Å². The standard InChI is InChI=1S/C14H22N2O3/c1-4-18-14(17)11-8-6-5-7-10(11)12-15-13(9(2)3)19-16-12/h9-11H,4-8H2,1-3H3. The number of esters is 1. The maximum absolute atomic E-state index is 12.0. The van der Waals surface area contributed by atoms with Gasteiger partial charge in [-0.25, -0.2) is 0 Å². The molecule has 1 aliphatic carbocycles. The van der Waals surface area contributed by atoms with Crippen LogP contribution in [0.15, 0.2) is 4.52 Å². The van der Waals surface area contributed by atoms with Gasteiger partial charge in [-0.1, -0.05) is 31.8 Å². The van der Waals surface area contributed by atoms with Crippen molar-refractivity contribution in [2.75, 3.05) is 6.61 Å². The maximum atomic E-state index is 12.0. The summed E-state index contributed by atoms with van der Waals surface area (Å²) in [5.41, 5.74) is 0. The van der Waals surface area contributed by atoms with Gasteiger partial charge in [0.05, 0.1) is 12.5 Å². The molecule has 0 aromatic carbocycles. The van der Waals surface area contributed by atoms with E-state index in [0.29, 0.717) is 18.3 Å². The zero-order valence-corrected chi connectivity index (χ0v) is 11.9. The van der Waals surface area contributed by atoms with Crippen molar-refractivity contribution < 1.29 is 14.1 Å². The summed E-state index contributed by atoms with van der Waals surface area (Å²) in [5.74, 6) is 1.33. The molecular weight excluding hydrogens is 244 g/mol.